The van der Waals surface area contributed by atoms with E-state index in [2.05, 4.69) is 5.43 Å². The van der Waals surface area contributed by atoms with Crippen LogP contribution in [0.5, 0.6) is 0 Å². The lowest BCUT2D eigenvalue weighted by molar-refractivity contribution is -0.180. The molecule has 11 heteroatoms. The van der Waals surface area contributed by atoms with Gasteiger partial charge in [0.05, 0.1) is 7.11 Å². The molecule has 0 radical (unpaired) electrons. The summed E-state index contributed by atoms with van der Waals surface area (Å²) in [5, 5.41) is 30.9. The highest BCUT2D eigenvalue weighted by Crippen LogP contribution is 2.21. The number of nitrogens with one attached hydrogen (secondary N) is 1. The van der Waals surface area contributed by atoms with Gasteiger partial charge in [0.25, 0.3) is 0 Å². The SMILES string of the molecule is COC(=O)N([C@@H](CC(C)C)C(=O)O)N(N[C@@H](CC(C)C)C(=O)O)[C@@H](CC(C)C)C(=O)O. The molecular formula is C20H37N3O8. The Hall–Kier alpha value is -2.40. The molecule has 0 bridgehead atoms. The topological polar surface area (TPSA) is 157 Å². The van der Waals surface area contributed by atoms with Crippen molar-refractivity contribution in [3.05, 3.63) is 0 Å². The number of carboxylic acids is 3. The summed E-state index contributed by atoms with van der Waals surface area (Å²) in [6, 6.07) is -4.14. The summed E-state index contributed by atoms with van der Waals surface area (Å²) in [5.41, 5.74) is 2.61. The number of carbonyl (C=O) groups is 4. The Balaban J connectivity index is 6.61. The van der Waals surface area contributed by atoms with E-state index in [4.69, 9.17) is 4.74 Å². The number of nitrogens with zero attached hydrogens (tertiary/aromatic N) is 2. The molecule has 0 aliphatic rings. The molecule has 0 rings (SSSR count). The molecule has 0 aliphatic carbocycles. The van der Waals surface area contributed by atoms with E-state index in [-0.39, 0.29) is 37.0 Å². The molecule has 0 aliphatic heterocycles. The van der Waals surface area contributed by atoms with E-state index in [1.165, 1.54) is 0 Å². The molecule has 31 heavy (non-hydrogen) atoms. The number of ether oxygens (including phenoxy) is 1. The highest BCUT2D eigenvalue weighted by molar-refractivity contribution is 5.81. The zero-order chi connectivity index (χ0) is 24.5. The van der Waals surface area contributed by atoms with E-state index < -0.39 is 42.1 Å². The van der Waals surface area contributed by atoms with E-state index in [0.29, 0.717) is 5.01 Å². The second-order valence-electron chi connectivity index (χ2n) is 8.78. The van der Waals surface area contributed by atoms with Gasteiger partial charge >= 0.3 is 24.0 Å². The summed E-state index contributed by atoms with van der Waals surface area (Å²) in [5.74, 6) is -4.33. The Morgan fingerprint density at radius 2 is 1.16 bits per heavy atom. The number of carbonyl (C=O) groups excluding carboxylic acids is 1. The van der Waals surface area contributed by atoms with E-state index in [0.717, 1.165) is 12.2 Å². The molecule has 1 amide bonds. The third kappa shape index (κ3) is 9.52. The van der Waals surface area contributed by atoms with Gasteiger partial charge in [-0.25, -0.2) is 20.0 Å². The fourth-order valence-electron chi connectivity index (χ4n) is 3.10. The van der Waals surface area contributed by atoms with Gasteiger partial charge in [-0.15, -0.1) is 5.12 Å². The number of amides is 1. The van der Waals surface area contributed by atoms with Crippen molar-refractivity contribution in [2.75, 3.05) is 7.11 Å². The van der Waals surface area contributed by atoms with E-state index in [9.17, 15) is 34.5 Å². The predicted octanol–water partition coefficient (Wildman–Crippen LogP) is 2.27. The molecule has 0 spiro atoms. The Morgan fingerprint density at radius 1 is 0.742 bits per heavy atom. The molecule has 0 aromatic rings. The van der Waals surface area contributed by atoms with Crippen LogP contribution in [0, 0.1) is 17.8 Å². The summed E-state index contributed by atoms with van der Waals surface area (Å²) < 4.78 is 4.77. The highest BCUT2D eigenvalue weighted by atomic mass is 16.6. The Labute approximate surface area is 183 Å². The van der Waals surface area contributed by atoms with Gasteiger partial charge in [0, 0.05) is 0 Å². The van der Waals surface area contributed by atoms with Crippen LogP contribution in [0.15, 0.2) is 0 Å². The Morgan fingerprint density at radius 3 is 1.48 bits per heavy atom. The molecule has 4 N–H and O–H groups in total. The largest absolute Gasteiger partial charge is 0.480 e. The zero-order valence-corrected chi connectivity index (χ0v) is 19.4. The smallest absolute Gasteiger partial charge is 0.426 e. The summed E-state index contributed by atoms with van der Waals surface area (Å²) in [6.45, 7) is 10.6. The van der Waals surface area contributed by atoms with Crippen molar-refractivity contribution < 1.29 is 39.2 Å². The molecule has 0 aromatic heterocycles. The number of carboxylic acid groups (broad SMARTS) is 3. The predicted molar refractivity (Wildman–Crippen MR) is 112 cm³/mol. The average molecular weight is 448 g/mol. The monoisotopic (exact) mass is 447 g/mol. The Kier molecular flexibility index (Phi) is 12.1. The van der Waals surface area contributed by atoms with E-state index in [1.54, 1.807) is 41.5 Å². The second kappa shape index (κ2) is 13.1. The number of hydrogen-bond acceptors (Lipinski definition) is 7. The number of hydrazine groups is 2. The molecule has 0 unspecified atom stereocenters. The van der Waals surface area contributed by atoms with Crippen LogP contribution < -0.4 is 5.43 Å². The lowest BCUT2D eigenvalue weighted by Crippen LogP contribution is -2.67. The van der Waals surface area contributed by atoms with Crippen molar-refractivity contribution in [1.29, 1.82) is 0 Å². The maximum Gasteiger partial charge on any atom is 0.426 e. The fraction of sp³-hybridized carbons (Fsp3) is 0.800. The van der Waals surface area contributed by atoms with Gasteiger partial charge in [0.2, 0.25) is 0 Å². The van der Waals surface area contributed by atoms with E-state index in [1.807, 2.05) is 0 Å². The molecule has 0 fully saturated rings. The average Bonchev–Trinajstić information content (AvgIpc) is 2.62. The number of rotatable bonds is 14. The van der Waals surface area contributed by atoms with Crippen LogP contribution in [0.1, 0.15) is 60.8 Å². The number of methoxy groups -OCH3 is 1. The first-order valence-electron chi connectivity index (χ1n) is 10.3. The van der Waals surface area contributed by atoms with Crippen LogP contribution in [0.2, 0.25) is 0 Å². The normalized spacial score (nSPS) is 14.5. The summed E-state index contributed by atoms with van der Waals surface area (Å²) >= 11 is 0. The van der Waals surface area contributed by atoms with Gasteiger partial charge in [-0.05, 0) is 37.0 Å². The standard InChI is InChI=1S/C20H37N3O8/c1-11(2)8-14(17(24)25)21-23(16(19(28)29)10-13(5)6)22(20(30)31-7)15(18(26)27)9-12(3)4/h11-16,21H,8-10H2,1-7H3,(H,24,25)(H,26,27)(H,28,29)/t14-,15-,16-/m0/s1. The quantitative estimate of drug-likeness (QED) is 0.291. The molecule has 0 saturated heterocycles. The number of aliphatic carboxylic acids is 3. The van der Waals surface area contributed by atoms with Crippen molar-refractivity contribution >= 4 is 24.0 Å². The third-order valence-corrected chi connectivity index (χ3v) is 4.44. The van der Waals surface area contributed by atoms with Crippen LogP contribution in [0.4, 0.5) is 4.79 Å². The van der Waals surface area contributed by atoms with Gasteiger partial charge in [-0.3, -0.25) is 9.59 Å². The van der Waals surface area contributed by atoms with E-state index >= 15 is 0 Å². The minimum absolute atomic E-state index is 0.00144. The van der Waals surface area contributed by atoms with Gasteiger partial charge in [-0.2, -0.15) is 0 Å². The maximum atomic E-state index is 12.7. The van der Waals surface area contributed by atoms with Crippen molar-refractivity contribution in [3.63, 3.8) is 0 Å². The first-order chi connectivity index (χ1) is 14.2. The molecule has 0 heterocycles. The lowest BCUT2D eigenvalue weighted by Gasteiger charge is -2.42. The molecule has 180 valence electrons. The van der Waals surface area contributed by atoms with Crippen molar-refractivity contribution in [2.24, 2.45) is 17.8 Å². The molecule has 0 saturated carbocycles. The van der Waals surface area contributed by atoms with Crippen molar-refractivity contribution in [1.82, 2.24) is 15.6 Å². The van der Waals surface area contributed by atoms with Crippen LogP contribution in [0.3, 0.4) is 0 Å². The summed E-state index contributed by atoms with van der Waals surface area (Å²) in [6.07, 6.45) is -0.961. The zero-order valence-electron chi connectivity index (χ0n) is 19.4. The summed E-state index contributed by atoms with van der Waals surface area (Å²) in [7, 11) is 1.04. The number of hydrogen-bond donors (Lipinski definition) is 4. The van der Waals surface area contributed by atoms with Crippen LogP contribution in [-0.2, 0) is 19.1 Å². The van der Waals surface area contributed by atoms with Gasteiger partial charge < -0.3 is 20.1 Å². The van der Waals surface area contributed by atoms with Crippen LogP contribution >= 0.6 is 0 Å². The molecule has 3 atom stereocenters. The van der Waals surface area contributed by atoms with Crippen LogP contribution in [0.25, 0.3) is 0 Å². The van der Waals surface area contributed by atoms with Gasteiger partial charge in [-0.1, -0.05) is 41.5 Å². The fourth-order valence-corrected chi connectivity index (χ4v) is 3.10. The molecule has 11 nitrogen and oxygen atoms in total. The van der Waals surface area contributed by atoms with Gasteiger partial charge in [0.15, 0.2) is 6.04 Å². The maximum absolute atomic E-state index is 12.7. The molecule has 0 aromatic carbocycles. The third-order valence-electron chi connectivity index (χ3n) is 4.44. The lowest BCUT2D eigenvalue weighted by atomic mass is 10.0. The minimum Gasteiger partial charge on any atom is -0.480 e. The first kappa shape index (κ1) is 28.6. The first-order valence-corrected chi connectivity index (χ1v) is 10.3. The molecular weight excluding hydrogens is 410 g/mol. The van der Waals surface area contributed by atoms with Crippen molar-refractivity contribution in [3.8, 4) is 0 Å². The van der Waals surface area contributed by atoms with Gasteiger partial charge in [0.1, 0.15) is 12.1 Å². The highest BCUT2D eigenvalue weighted by Gasteiger charge is 2.43. The minimum atomic E-state index is -1.47. The second-order valence-corrected chi connectivity index (χ2v) is 8.78. The van der Waals surface area contributed by atoms with Crippen LogP contribution in [-0.4, -0.2) is 74.7 Å². The Bertz CT molecular complexity index is 624. The summed E-state index contributed by atoms with van der Waals surface area (Å²) in [4.78, 5) is 48.7. The van der Waals surface area contributed by atoms with Crippen molar-refractivity contribution in [2.45, 2.75) is 78.9 Å².